The van der Waals surface area contributed by atoms with Crippen molar-refractivity contribution < 1.29 is 14.0 Å². The summed E-state index contributed by atoms with van der Waals surface area (Å²) < 4.78 is 14.3. The summed E-state index contributed by atoms with van der Waals surface area (Å²) in [6, 6.07) is 7.89. The van der Waals surface area contributed by atoms with Gasteiger partial charge >= 0.3 is 0 Å². The highest BCUT2D eigenvalue weighted by Gasteiger charge is 2.33. The monoisotopic (exact) mass is 378 g/mol. The smallest absolute Gasteiger partial charge is 0.234 e. The Hall–Kier alpha value is -1.91. The van der Waals surface area contributed by atoms with Gasteiger partial charge in [0.05, 0.1) is 5.92 Å². The van der Waals surface area contributed by atoms with Crippen molar-refractivity contribution >= 4 is 17.5 Å². The highest BCUT2D eigenvalue weighted by atomic mass is 19.1. The van der Waals surface area contributed by atoms with Crippen LogP contribution in [0.1, 0.15) is 78.2 Å². The van der Waals surface area contributed by atoms with Crippen molar-refractivity contribution in [3.8, 4) is 0 Å². The lowest BCUT2D eigenvalue weighted by atomic mass is 9.89. The first kappa shape index (κ1) is 23.1. The van der Waals surface area contributed by atoms with E-state index < -0.39 is 5.67 Å². The van der Waals surface area contributed by atoms with Gasteiger partial charge in [0.1, 0.15) is 5.67 Å². The Bertz CT molecular complexity index is 593. The van der Waals surface area contributed by atoms with E-state index in [-0.39, 0.29) is 17.7 Å². The number of amides is 2. The molecular formula is C22H35FN2O2. The minimum absolute atomic E-state index is 0.193. The molecule has 0 spiro atoms. The maximum absolute atomic E-state index is 14.3. The van der Waals surface area contributed by atoms with Gasteiger partial charge in [0, 0.05) is 25.2 Å². The van der Waals surface area contributed by atoms with E-state index >= 15 is 0 Å². The summed E-state index contributed by atoms with van der Waals surface area (Å²) >= 11 is 0. The lowest BCUT2D eigenvalue weighted by molar-refractivity contribution is -0.134. The van der Waals surface area contributed by atoms with Gasteiger partial charge in [-0.25, -0.2) is 4.39 Å². The number of benzene rings is 1. The first-order valence-corrected chi connectivity index (χ1v) is 10.4. The third-order valence-corrected chi connectivity index (χ3v) is 5.19. The van der Waals surface area contributed by atoms with Crippen LogP contribution in [0.25, 0.3) is 0 Å². The zero-order valence-electron chi connectivity index (χ0n) is 17.5. The van der Waals surface area contributed by atoms with Gasteiger partial charge in [-0.3, -0.25) is 14.9 Å². The molecule has 2 aliphatic heterocycles. The van der Waals surface area contributed by atoms with Crippen molar-refractivity contribution in [3.05, 3.63) is 29.8 Å². The van der Waals surface area contributed by atoms with Gasteiger partial charge in [0.15, 0.2) is 0 Å². The standard InChI is InChI=1S/C18H23FN2O2.2C2H6/c1-2-18(19)9-11-21(12-10-18)14-5-3-13(4-6-14)15-7-8-16(22)20-17(15)23;2*1-2/h3-6,15H,2,7-12H2,1H3,(H,20,22,23);2*1-2H3. The molecule has 2 fully saturated rings. The predicted molar refractivity (Wildman–Crippen MR) is 110 cm³/mol. The van der Waals surface area contributed by atoms with Crippen LogP contribution >= 0.6 is 0 Å². The number of carbonyl (C=O) groups excluding carboxylic acids is 2. The SMILES string of the molecule is CC.CC.CCC1(F)CCN(c2ccc(C3CCC(=O)NC3=O)cc2)CC1. The minimum atomic E-state index is -1.01. The second-order valence-corrected chi connectivity index (χ2v) is 6.59. The summed E-state index contributed by atoms with van der Waals surface area (Å²) in [7, 11) is 0. The van der Waals surface area contributed by atoms with Crippen LogP contribution in [0.4, 0.5) is 10.1 Å². The molecule has 2 amide bonds. The summed E-state index contributed by atoms with van der Waals surface area (Å²) in [6.45, 7) is 11.4. The van der Waals surface area contributed by atoms with Gasteiger partial charge < -0.3 is 4.90 Å². The quantitative estimate of drug-likeness (QED) is 0.755. The van der Waals surface area contributed by atoms with Crippen LogP contribution in [0.3, 0.4) is 0 Å². The third kappa shape index (κ3) is 6.05. The Balaban J connectivity index is 0.000000855. The van der Waals surface area contributed by atoms with Crippen LogP contribution in [0, 0.1) is 0 Å². The average molecular weight is 379 g/mol. The van der Waals surface area contributed by atoms with Crippen molar-refractivity contribution in [2.24, 2.45) is 0 Å². The largest absolute Gasteiger partial charge is 0.371 e. The van der Waals surface area contributed by atoms with Crippen LogP contribution < -0.4 is 10.2 Å². The van der Waals surface area contributed by atoms with Crippen molar-refractivity contribution in [1.82, 2.24) is 5.32 Å². The van der Waals surface area contributed by atoms with Gasteiger partial charge in [0.2, 0.25) is 11.8 Å². The van der Waals surface area contributed by atoms with Gasteiger partial charge in [-0.2, -0.15) is 0 Å². The first-order chi connectivity index (χ1) is 13.0. The number of nitrogens with one attached hydrogen (secondary N) is 1. The van der Waals surface area contributed by atoms with Gasteiger partial charge in [0.25, 0.3) is 0 Å². The fourth-order valence-electron chi connectivity index (χ4n) is 3.45. The van der Waals surface area contributed by atoms with E-state index in [0.717, 1.165) is 24.3 Å². The van der Waals surface area contributed by atoms with E-state index in [0.29, 0.717) is 32.1 Å². The average Bonchev–Trinajstić information content (AvgIpc) is 2.72. The van der Waals surface area contributed by atoms with E-state index in [1.54, 1.807) is 0 Å². The van der Waals surface area contributed by atoms with E-state index in [4.69, 9.17) is 0 Å². The van der Waals surface area contributed by atoms with Crippen LogP contribution in [0.15, 0.2) is 24.3 Å². The number of nitrogens with zero attached hydrogens (tertiary/aromatic N) is 1. The molecule has 3 rings (SSSR count). The zero-order chi connectivity index (χ0) is 20.4. The lowest BCUT2D eigenvalue weighted by Crippen LogP contribution is -2.41. The number of alkyl halides is 1. The topological polar surface area (TPSA) is 49.4 Å². The fourth-order valence-corrected chi connectivity index (χ4v) is 3.45. The highest BCUT2D eigenvalue weighted by molar-refractivity contribution is 6.00. The fraction of sp³-hybridized carbons (Fsp3) is 0.636. The first-order valence-electron chi connectivity index (χ1n) is 10.4. The molecular weight excluding hydrogens is 343 g/mol. The van der Waals surface area contributed by atoms with Gasteiger partial charge in [-0.15, -0.1) is 0 Å². The van der Waals surface area contributed by atoms with E-state index in [1.165, 1.54) is 0 Å². The number of carbonyl (C=O) groups is 2. The van der Waals surface area contributed by atoms with Crippen molar-refractivity contribution in [2.75, 3.05) is 18.0 Å². The number of piperidine rings is 2. The Morgan fingerprint density at radius 3 is 2.11 bits per heavy atom. The molecule has 0 saturated carbocycles. The maximum atomic E-state index is 14.3. The molecule has 1 aromatic carbocycles. The number of anilines is 1. The minimum Gasteiger partial charge on any atom is -0.371 e. The molecule has 0 bridgehead atoms. The second kappa shape index (κ2) is 11.1. The van der Waals surface area contributed by atoms with Gasteiger partial charge in [-0.1, -0.05) is 46.8 Å². The van der Waals surface area contributed by atoms with Crippen LogP contribution in [0.5, 0.6) is 0 Å². The number of rotatable bonds is 3. The molecule has 2 saturated heterocycles. The number of halogens is 1. The molecule has 4 nitrogen and oxygen atoms in total. The van der Waals surface area contributed by atoms with Crippen molar-refractivity contribution in [2.45, 2.75) is 78.3 Å². The Morgan fingerprint density at radius 1 is 1.07 bits per heavy atom. The molecule has 0 aromatic heterocycles. The Labute approximate surface area is 163 Å². The summed E-state index contributed by atoms with van der Waals surface area (Å²) in [5.74, 6) is -0.652. The Kier molecular flexibility index (Phi) is 9.47. The number of hydrogen-bond acceptors (Lipinski definition) is 3. The van der Waals surface area contributed by atoms with Gasteiger partial charge in [-0.05, 0) is 43.4 Å². The molecule has 0 aliphatic carbocycles. The van der Waals surface area contributed by atoms with Crippen molar-refractivity contribution in [1.29, 1.82) is 0 Å². The third-order valence-electron chi connectivity index (χ3n) is 5.19. The molecule has 152 valence electrons. The molecule has 2 aliphatic rings. The molecule has 2 heterocycles. The molecule has 0 radical (unpaired) electrons. The summed E-state index contributed by atoms with van der Waals surface area (Å²) in [6.07, 6.45) is 2.67. The lowest BCUT2D eigenvalue weighted by Gasteiger charge is -2.37. The molecule has 27 heavy (non-hydrogen) atoms. The molecule has 1 aromatic rings. The van der Waals surface area contributed by atoms with Crippen LogP contribution in [-0.2, 0) is 9.59 Å². The number of hydrogen-bond donors (Lipinski definition) is 1. The normalized spacial score (nSPS) is 21.3. The summed E-state index contributed by atoms with van der Waals surface area (Å²) in [5.41, 5.74) is 0.992. The predicted octanol–water partition coefficient (Wildman–Crippen LogP) is 4.98. The highest BCUT2D eigenvalue weighted by Crippen LogP contribution is 2.33. The molecule has 5 heteroatoms. The van der Waals surface area contributed by atoms with E-state index in [9.17, 15) is 14.0 Å². The maximum Gasteiger partial charge on any atom is 0.234 e. The zero-order valence-corrected chi connectivity index (χ0v) is 17.5. The van der Waals surface area contributed by atoms with Crippen LogP contribution in [-0.4, -0.2) is 30.6 Å². The summed E-state index contributed by atoms with van der Waals surface area (Å²) in [4.78, 5) is 25.3. The summed E-state index contributed by atoms with van der Waals surface area (Å²) in [5, 5.41) is 2.39. The Morgan fingerprint density at radius 2 is 1.63 bits per heavy atom. The second-order valence-electron chi connectivity index (χ2n) is 6.59. The van der Waals surface area contributed by atoms with E-state index in [2.05, 4.69) is 10.2 Å². The molecule has 1 N–H and O–H groups in total. The van der Waals surface area contributed by atoms with E-state index in [1.807, 2.05) is 58.9 Å². The molecule has 1 atom stereocenters. The molecule has 1 unspecified atom stereocenters. The van der Waals surface area contributed by atoms with Crippen molar-refractivity contribution in [3.63, 3.8) is 0 Å². The van der Waals surface area contributed by atoms with Crippen LogP contribution in [0.2, 0.25) is 0 Å². The number of imide groups is 1.